The number of hydrogen-bond acceptors (Lipinski definition) is 3. The highest BCUT2D eigenvalue weighted by Crippen LogP contribution is 2.29. The van der Waals surface area contributed by atoms with Crippen molar-refractivity contribution in [3.05, 3.63) is 0 Å². The van der Waals surface area contributed by atoms with Crippen molar-refractivity contribution in [1.82, 2.24) is 10.2 Å². The fourth-order valence-corrected chi connectivity index (χ4v) is 2.37. The van der Waals surface area contributed by atoms with Gasteiger partial charge >= 0.3 is 6.09 Å². The first-order valence-corrected chi connectivity index (χ1v) is 6.14. The zero-order chi connectivity index (χ0) is 11.8. The average Bonchev–Trinajstić information content (AvgIpc) is 2.49. The molecule has 2 rings (SSSR count). The van der Waals surface area contributed by atoms with Gasteiger partial charge in [-0.25, -0.2) is 4.79 Å². The third-order valence-electron chi connectivity index (χ3n) is 3.33. The molecule has 0 bridgehead atoms. The van der Waals surface area contributed by atoms with Gasteiger partial charge in [0.15, 0.2) is 0 Å². The Morgan fingerprint density at radius 3 is 2.50 bits per heavy atom. The van der Waals surface area contributed by atoms with Gasteiger partial charge in [-0.05, 0) is 52.1 Å². The van der Waals surface area contributed by atoms with Crippen LogP contribution >= 0.6 is 0 Å². The lowest BCUT2D eigenvalue weighted by Gasteiger charge is -2.42. The fourth-order valence-electron chi connectivity index (χ4n) is 2.37. The van der Waals surface area contributed by atoms with Crippen LogP contribution in [0.3, 0.4) is 0 Å². The molecule has 4 nitrogen and oxygen atoms in total. The van der Waals surface area contributed by atoms with Crippen LogP contribution in [0.15, 0.2) is 0 Å². The summed E-state index contributed by atoms with van der Waals surface area (Å²) in [7, 11) is 0. The summed E-state index contributed by atoms with van der Waals surface area (Å²) in [6, 6.07) is 0. The van der Waals surface area contributed by atoms with Crippen LogP contribution < -0.4 is 5.32 Å². The normalized spacial score (nSPS) is 26.7. The van der Waals surface area contributed by atoms with Crippen LogP contribution in [0.4, 0.5) is 4.79 Å². The molecule has 0 aromatic rings. The molecule has 92 valence electrons. The van der Waals surface area contributed by atoms with E-state index in [4.69, 9.17) is 4.74 Å². The second kappa shape index (κ2) is 4.24. The molecule has 16 heavy (non-hydrogen) atoms. The van der Waals surface area contributed by atoms with Crippen LogP contribution in [0.25, 0.3) is 0 Å². The number of carbonyl (C=O) groups is 1. The van der Waals surface area contributed by atoms with E-state index < -0.39 is 0 Å². The molecular formula is C12H22N2O2. The predicted molar refractivity (Wildman–Crippen MR) is 62.3 cm³/mol. The Balaban J connectivity index is 1.73. The molecule has 2 aliphatic rings. The van der Waals surface area contributed by atoms with Crippen molar-refractivity contribution in [2.75, 3.05) is 26.2 Å². The first-order valence-electron chi connectivity index (χ1n) is 6.14. The molecule has 0 spiro atoms. The van der Waals surface area contributed by atoms with E-state index in [1.165, 1.54) is 6.42 Å². The monoisotopic (exact) mass is 226 g/mol. The largest absolute Gasteiger partial charge is 0.444 e. The minimum Gasteiger partial charge on any atom is -0.444 e. The minimum atomic E-state index is -0.378. The lowest BCUT2D eigenvalue weighted by atomic mass is 9.85. The predicted octanol–water partition coefficient (Wildman–Crippen LogP) is 1.46. The Morgan fingerprint density at radius 1 is 1.31 bits per heavy atom. The van der Waals surface area contributed by atoms with E-state index in [1.807, 2.05) is 25.7 Å². The molecule has 2 aliphatic heterocycles. The second-order valence-electron chi connectivity index (χ2n) is 5.90. The van der Waals surface area contributed by atoms with Gasteiger partial charge < -0.3 is 15.0 Å². The number of likely N-dealkylation sites (tertiary alicyclic amines) is 1. The van der Waals surface area contributed by atoms with Crippen molar-refractivity contribution in [2.24, 2.45) is 11.8 Å². The maximum absolute atomic E-state index is 11.7. The Labute approximate surface area is 97.3 Å². The van der Waals surface area contributed by atoms with Crippen molar-refractivity contribution in [1.29, 1.82) is 0 Å². The van der Waals surface area contributed by atoms with E-state index >= 15 is 0 Å². The molecule has 1 atom stereocenters. The molecule has 1 N–H and O–H groups in total. The minimum absolute atomic E-state index is 0.158. The van der Waals surface area contributed by atoms with Gasteiger partial charge in [0.25, 0.3) is 0 Å². The van der Waals surface area contributed by atoms with Crippen LogP contribution in [0.2, 0.25) is 0 Å². The molecule has 0 aromatic heterocycles. The van der Waals surface area contributed by atoms with E-state index in [-0.39, 0.29) is 11.7 Å². The number of rotatable bonds is 1. The summed E-state index contributed by atoms with van der Waals surface area (Å²) >= 11 is 0. The highest BCUT2D eigenvalue weighted by atomic mass is 16.6. The molecule has 1 amide bonds. The molecule has 0 saturated carbocycles. The van der Waals surface area contributed by atoms with E-state index in [0.29, 0.717) is 5.92 Å². The number of nitrogens with zero attached hydrogens (tertiary/aromatic N) is 1. The number of ether oxygens (including phenoxy) is 1. The third kappa shape index (κ3) is 2.67. The molecular weight excluding hydrogens is 204 g/mol. The van der Waals surface area contributed by atoms with E-state index in [2.05, 4.69) is 5.32 Å². The lowest BCUT2D eigenvalue weighted by Crippen LogP contribution is -2.54. The molecule has 0 aliphatic carbocycles. The van der Waals surface area contributed by atoms with E-state index in [0.717, 1.165) is 32.1 Å². The van der Waals surface area contributed by atoms with Crippen molar-refractivity contribution >= 4 is 6.09 Å². The van der Waals surface area contributed by atoms with Gasteiger partial charge in [-0.3, -0.25) is 0 Å². The van der Waals surface area contributed by atoms with Crippen LogP contribution in [0.5, 0.6) is 0 Å². The van der Waals surface area contributed by atoms with Crippen molar-refractivity contribution < 1.29 is 9.53 Å². The standard InChI is InChI=1S/C12H22N2O2/c1-12(2,3)16-11(15)14-7-10(8-14)9-4-5-13-6-9/h9-10,13H,4-8H2,1-3H3. The molecule has 0 aromatic carbocycles. The van der Waals surface area contributed by atoms with Crippen LogP contribution in [-0.2, 0) is 4.74 Å². The van der Waals surface area contributed by atoms with E-state index in [9.17, 15) is 4.79 Å². The number of hydrogen-bond donors (Lipinski definition) is 1. The van der Waals surface area contributed by atoms with Gasteiger partial charge in [0.2, 0.25) is 0 Å². The highest BCUT2D eigenvalue weighted by molar-refractivity contribution is 5.69. The van der Waals surface area contributed by atoms with Gasteiger partial charge in [-0.15, -0.1) is 0 Å². The molecule has 2 saturated heterocycles. The van der Waals surface area contributed by atoms with E-state index in [1.54, 1.807) is 0 Å². The Kier molecular flexibility index (Phi) is 3.10. The smallest absolute Gasteiger partial charge is 0.410 e. The average molecular weight is 226 g/mol. The first-order chi connectivity index (χ1) is 7.46. The summed E-state index contributed by atoms with van der Waals surface area (Å²) in [5.41, 5.74) is -0.378. The lowest BCUT2D eigenvalue weighted by molar-refractivity contribution is -0.00925. The van der Waals surface area contributed by atoms with Crippen LogP contribution in [-0.4, -0.2) is 42.8 Å². The Bertz CT molecular complexity index is 261. The van der Waals surface area contributed by atoms with Crippen molar-refractivity contribution in [3.63, 3.8) is 0 Å². The fraction of sp³-hybridized carbons (Fsp3) is 0.917. The van der Waals surface area contributed by atoms with Crippen molar-refractivity contribution in [3.8, 4) is 0 Å². The Hall–Kier alpha value is -0.770. The quantitative estimate of drug-likeness (QED) is 0.736. The summed E-state index contributed by atoms with van der Waals surface area (Å²) in [6.07, 6.45) is 1.10. The molecule has 1 unspecified atom stereocenters. The summed E-state index contributed by atoms with van der Waals surface area (Å²) in [6.45, 7) is 9.72. The molecule has 0 radical (unpaired) electrons. The van der Waals surface area contributed by atoms with Gasteiger partial charge in [-0.2, -0.15) is 0 Å². The number of carbonyl (C=O) groups excluding carboxylic acids is 1. The number of nitrogens with one attached hydrogen (secondary N) is 1. The zero-order valence-corrected chi connectivity index (χ0v) is 10.5. The second-order valence-corrected chi connectivity index (χ2v) is 5.90. The number of amides is 1. The molecule has 2 fully saturated rings. The van der Waals surface area contributed by atoms with Gasteiger partial charge in [-0.1, -0.05) is 0 Å². The zero-order valence-electron chi connectivity index (χ0n) is 10.5. The maximum Gasteiger partial charge on any atom is 0.410 e. The Morgan fingerprint density at radius 2 is 2.00 bits per heavy atom. The topological polar surface area (TPSA) is 41.6 Å². The summed E-state index contributed by atoms with van der Waals surface area (Å²) in [5.74, 6) is 1.45. The van der Waals surface area contributed by atoms with Crippen molar-refractivity contribution in [2.45, 2.75) is 32.8 Å². The summed E-state index contributed by atoms with van der Waals surface area (Å²) in [4.78, 5) is 13.5. The van der Waals surface area contributed by atoms with Crippen LogP contribution in [0, 0.1) is 11.8 Å². The van der Waals surface area contributed by atoms with Gasteiger partial charge in [0, 0.05) is 13.1 Å². The third-order valence-corrected chi connectivity index (χ3v) is 3.33. The maximum atomic E-state index is 11.7. The van der Waals surface area contributed by atoms with Crippen LogP contribution in [0.1, 0.15) is 27.2 Å². The first kappa shape index (κ1) is 11.7. The molecule has 4 heteroatoms. The summed E-state index contributed by atoms with van der Waals surface area (Å²) in [5, 5.41) is 3.37. The summed E-state index contributed by atoms with van der Waals surface area (Å²) < 4.78 is 5.32. The molecule has 2 heterocycles. The van der Waals surface area contributed by atoms with Gasteiger partial charge in [0.1, 0.15) is 5.60 Å². The van der Waals surface area contributed by atoms with Gasteiger partial charge in [0.05, 0.1) is 0 Å². The highest BCUT2D eigenvalue weighted by Gasteiger charge is 2.38. The SMILES string of the molecule is CC(C)(C)OC(=O)N1CC(C2CCNC2)C1.